The predicted molar refractivity (Wildman–Crippen MR) is 41.1 cm³/mol. The quantitative estimate of drug-likeness (QED) is 0.518. The van der Waals surface area contributed by atoms with Crippen LogP contribution in [-0.4, -0.2) is 5.11 Å². The third-order valence-corrected chi connectivity index (χ3v) is 1.43. The van der Waals surface area contributed by atoms with E-state index in [4.69, 9.17) is 16.6 Å². The van der Waals surface area contributed by atoms with Crippen LogP contribution in [0.1, 0.15) is 5.56 Å². The molecule has 0 aliphatic carbocycles. The summed E-state index contributed by atoms with van der Waals surface area (Å²) < 4.78 is 12.6. The fraction of sp³-hybridized carbons (Fsp3) is 0.143. The maximum Gasteiger partial charge on any atom is 0.148 e. The van der Waals surface area contributed by atoms with Gasteiger partial charge >= 0.3 is 0 Å². The SMILES string of the molecule is Nc1cc(CO)c(N)cc1F. The van der Waals surface area contributed by atoms with Gasteiger partial charge in [-0.25, -0.2) is 4.39 Å². The van der Waals surface area contributed by atoms with Crippen molar-refractivity contribution in [2.45, 2.75) is 6.61 Å². The Balaban J connectivity index is 3.21. The highest BCUT2D eigenvalue weighted by molar-refractivity contribution is 5.55. The smallest absolute Gasteiger partial charge is 0.148 e. The summed E-state index contributed by atoms with van der Waals surface area (Å²) in [4.78, 5) is 0. The van der Waals surface area contributed by atoms with E-state index < -0.39 is 5.82 Å². The van der Waals surface area contributed by atoms with E-state index in [1.807, 2.05) is 0 Å². The van der Waals surface area contributed by atoms with Crippen molar-refractivity contribution in [3.63, 3.8) is 0 Å². The van der Waals surface area contributed by atoms with Crippen molar-refractivity contribution in [1.82, 2.24) is 0 Å². The molecule has 5 N–H and O–H groups in total. The fourth-order valence-corrected chi connectivity index (χ4v) is 0.789. The fourth-order valence-electron chi connectivity index (χ4n) is 0.789. The summed E-state index contributed by atoms with van der Waals surface area (Å²) in [5.74, 6) is -0.556. The summed E-state index contributed by atoms with van der Waals surface area (Å²) in [7, 11) is 0. The van der Waals surface area contributed by atoms with E-state index in [9.17, 15) is 4.39 Å². The molecule has 0 aromatic heterocycles. The normalized spacial score (nSPS) is 10.0. The van der Waals surface area contributed by atoms with Gasteiger partial charge in [0.15, 0.2) is 0 Å². The summed E-state index contributed by atoms with van der Waals surface area (Å²) in [5.41, 5.74) is 11.2. The van der Waals surface area contributed by atoms with Crippen molar-refractivity contribution in [2.75, 3.05) is 11.5 Å². The first-order valence-electron chi connectivity index (χ1n) is 3.09. The number of benzene rings is 1. The maximum atomic E-state index is 12.6. The van der Waals surface area contributed by atoms with Gasteiger partial charge in [0.25, 0.3) is 0 Å². The topological polar surface area (TPSA) is 72.3 Å². The summed E-state index contributed by atoms with van der Waals surface area (Å²) >= 11 is 0. The van der Waals surface area contributed by atoms with Crippen LogP contribution in [-0.2, 0) is 6.61 Å². The third kappa shape index (κ3) is 1.40. The Morgan fingerprint density at radius 2 is 1.91 bits per heavy atom. The van der Waals surface area contributed by atoms with Crippen molar-refractivity contribution >= 4 is 11.4 Å². The van der Waals surface area contributed by atoms with Gasteiger partial charge in [0, 0.05) is 11.3 Å². The van der Waals surface area contributed by atoms with Gasteiger partial charge in [0.1, 0.15) is 5.82 Å². The predicted octanol–water partition coefficient (Wildman–Crippen LogP) is 0.482. The Labute approximate surface area is 63.4 Å². The molecule has 4 heteroatoms. The molecule has 0 saturated carbocycles. The largest absolute Gasteiger partial charge is 0.398 e. The molecule has 0 spiro atoms. The van der Waals surface area contributed by atoms with E-state index in [1.54, 1.807) is 0 Å². The lowest BCUT2D eigenvalue weighted by molar-refractivity contribution is 0.282. The zero-order valence-corrected chi connectivity index (χ0v) is 5.84. The number of hydrogen-bond donors (Lipinski definition) is 3. The molecule has 60 valence electrons. The minimum Gasteiger partial charge on any atom is -0.398 e. The molecule has 1 rings (SSSR count). The molecule has 0 radical (unpaired) electrons. The van der Waals surface area contributed by atoms with Gasteiger partial charge in [-0.05, 0) is 12.1 Å². The van der Waals surface area contributed by atoms with Crippen molar-refractivity contribution in [3.8, 4) is 0 Å². The molecule has 0 atom stereocenters. The molecule has 1 aromatic carbocycles. The Morgan fingerprint density at radius 1 is 1.27 bits per heavy atom. The van der Waals surface area contributed by atoms with Gasteiger partial charge < -0.3 is 16.6 Å². The molecule has 0 fully saturated rings. The summed E-state index contributed by atoms with van der Waals surface area (Å²) in [6, 6.07) is 2.42. The van der Waals surface area contributed by atoms with Crippen LogP contribution in [0.5, 0.6) is 0 Å². The second-order valence-corrected chi connectivity index (χ2v) is 2.23. The molecule has 0 aliphatic heterocycles. The summed E-state index contributed by atoms with van der Waals surface area (Å²) in [6.07, 6.45) is 0. The van der Waals surface area contributed by atoms with E-state index in [-0.39, 0.29) is 18.0 Å². The Morgan fingerprint density at radius 3 is 2.45 bits per heavy atom. The first kappa shape index (κ1) is 7.81. The first-order valence-corrected chi connectivity index (χ1v) is 3.09. The van der Waals surface area contributed by atoms with E-state index in [1.165, 1.54) is 6.07 Å². The van der Waals surface area contributed by atoms with Gasteiger partial charge in [0.2, 0.25) is 0 Å². The number of halogens is 1. The summed E-state index contributed by atoms with van der Waals surface area (Å²) in [6.45, 7) is -0.226. The van der Waals surface area contributed by atoms with Crippen molar-refractivity contribution in [3.05, 3.63) is 23.5 Å². The first-order chi connectivity index (χ1) is 5.15. The zero-order chi connectivity index (χ0) is 8.43. The lowest BCUT2D eigenvalue weighted by atomic mass is 10.1. The Hall–Kier alpha value is -1.29. The van der Waals surface area contributed by atoms with Crippen LogP contribution < -0.4 is 11.5 Å². The molecular formula is C7H9FN2O. The molecular weight excluding hydrogens is 147 g/mol. The summed E-state index contributed by atoms with van der Waals surface area (Å²) in [5, 5.41) is 8.68. The van der Waals surface area contributed by atoms with Crippen LogP contribution in [0.4, 0.5) is 15.8 Å². The molecule has 0 amide bonds. The minimum absolute atomic E-state index is 0.00301. The van der Waals surface area contributed by atoms with Gasteiger partial charge in [-0.3, -0.25) is 0 Å². The van der Waals surface area contributed by atoms with Crippen LogP contribution in [0.3, 0.4) is 0 Å². The van der Waals surface area contributed by atoms with Crippen molar-refractivity contribution in [2.24, 2.45) is 0 Å². The van der Waals surface area contributed by atoms with Crippen molar-refractivity contribution in [1.29, 1.82) is 0 Å². The van der Waals surface area contributed by atoms with Crippen LogP contribution in [0, 0.1) is 5.82 Å². The highest BCUT2D eigenvalue weighted by Crippen LogP contribution is 2.19. The molecule has 0 aliphatic rings. The van der Waals surface area contributed by atoms with Gasteiger partial charge in [-0.15, -0.1) is 0 Å². The maximum absolute atomic E-state index is 12.6. The lowest BCUT2D eigenvalue weighted by Crippen LogP contribution is -1.99. The number of nitrogens with two attached hydrogens (primary N) is 2. The number of aliphatic hydroxyl groups excluding tert-OH is 1. The molecule has 0 bridgehead atoms. The molecule has 0 unspecified atom stereocenters. The standard InChI is InChI=1S/C7H9FN2O/c8-5-2-6(9)4(3-11)1-7(5)10/h1-2,11H,3,9-10H2. The second kappa shape index (κ2) is 2.75. The number of aliphatic hydroxyl groups is 1. The van der Waals surface area contributed by atoms with E-state index in [2.05, 4.69) is 0 Å². The third-order valence-electron chi connectivity index (χ3n) is 1.43. The molecule has 3 nitrogen and oxygen atoms in total. The monoisotopic (exact) mass is 156 g/mol. The molecule has 11 heavy (non-hydrogen) atoms. The highest BCUT2D eigenvalue weighted by atomic mass is 19.1. The number of anilines is 2. The molecule has 1 aromatic rings. The second-order valence-electron chi connectivity index (χ2n) is 2.23. The number of rotatable bonds is 1. The number of hydrogen-bond acceptors (Lipinski definition) is 3. The van der Waals surface area contributed by atoms with Crippen LogP contribution in [0.25, 0.3) is 0 Å². The minimum atomic E-state index is -0.556. The van der Waals surface area contributed by atoms with Crippen LogP contribution in [0.2, 0.25) is 0 Å². The molecule has 0 heterocycles. The number of nitrogen functional groups attached to an aromatic ring is 2. The lowest BCUT2D eigenvalue weighted by Gasteiger charge is -2.03. The van der Waals surface area contributed by atoms with Gasteiger partial charge in [-0.2, -0.15) is 0 Å². The molecule has 0 saturated heterocycles. The van der Waals surface area contributed by atoms with E-state index in [0.29, 0.717) is 5.56 Å². The van der Waals surface area contributed by atoms with Gasteiger partial charge in [0.05, 0.1) is 12.3 Å². The Kier molecular flexibility index (Phi) is 1.96. The zero-order valence-electron chi connectivity index (χ0n) is 5.84. The van der Waals surface area contributed by atoms with Gasteiger partial charge in [-0.1, -0.05) is 0 Å². The average molecular weight is 156 g/mol. The van der Waals surface area contributed by atoms with Crippen LogP contribution >= 0.6 is 0 Å². The van der Waals surface area contributed by atoms with E-state index in [0.717, 1.165) is 6.07 Å². The van der Waals surface area contributed by atoms with Crippen LogP contribution in [0.15, 0.2) is 12.1 Å². The average Bonchev–Trinajstić information content (AvgIpc) is 1.97. The highest BCUT2D eigenvalue weighted by Gasteiger charge is 2.03. The van der Waals surface area contributed by atoms with Crippen molar-refractivity contribution < 1.29 is 9.50 Å². The Bertz CT molecular complexity index is 275. The van der Waals surface area contributed by atoms with E-state index >= 15 is 0 Å².